The molecule has 0 fully saturated rings. The lowest BCUT2D eigenvalue weighted by Gasteiger charge is -2.12. The number of amides is 1. The normalized spacial score (nSPS) is 11.1. The van der Waals surface area contributed by atoms with Crippen LogP contribution in [0.1, 0.15) is 46.2 Å². The number of carbonyl (C=O) groups excluding carboxylic acids is 1. The molecule has 5 aromatic rings. The molecule has 5 rings (SSSR count). The summed E-state index contributed by atoms with van der Waals surface area (Å²) in [7, 11) is 1.88. The minimum atomic E-state index is -0.353. The average molecular weight is 557 g/mol. The van der Waals surface area contributed by atoms with Crippen molar-refractivity contribution in [2.75, 3.05) is 5.32 Å². The Morgan fingerprint density at radius 1 is 1.05 bits per heavy atom. The summed E-state index contributed by atoms with van der Waals surface area (Å²) < 4.78 is 5.45. The van der Waals surface area contributed by atoms with Crippen molar-refractivity contribution < 1.29 is 4.79 Å². The van der Waals surface area contributed by atoms with Crippen LogP contribution in [0.4, 0.5) is 5.69 Å². The molecule has 0 atom stereocenters. The second kappa shape index (κ2) is 11.3. The number of hydrazine groups is 1. The third-order valence-corrected chi connectivity index (χ3v) is 6.92. The Kier molecular flexibility index (Phi) is 7.60. The number of benzene rings is 1. The van der Waals surface area contributed by atoms with Crippen molar-refractivity contribution in [2.24, 2.45) is 7.05 Å². The number of pyridine rings is 1. The first-order valence-corrected chi connectivity index (χ1v) is 13.5. The molecule has 0 aliphatic carbocycles. The van der Waals surface area contributed by atoms with E-state index in [2.05, 4.69) is 69.6 Å². The van der Waals surface area contributed by atoms with Gasteiger partial charge in [0.05, 0.1) is 47.0 Å². The highest BCUT2D eigenvalue weighted by atomic mass is 32.1. The van der Waals surface area contributed by atoms with Gasteiger partial charge >= 0.3 is 0 Å². The van der Waals surface area contributed by atoms with Gasteiger partial charge in [-0.3, -0.25) is 25.0 Å². The van der Waals surface area contributed by atoms with Crippen molar-refractivity contribution in [3.63, 3.8) is 0 Å². The van der Waals surface area contributed by atoms with Crippen LogP contribution in [-0.4, -0.2) is 45.3 Å². The van der Waals surface area contributed by atoms with E-state index in [4.69, 9.17) is 17.2 Å². The fourth-order valence-electron chi connectivity index (χ4n) is 4.53. The largest absolute Gasteiger partial charge is 0.329 e. The van der Waals surface area contributed by atoms with E-state index in [1.807, 2.05) is 36.5 Å². The van der Waals surface area contributed by atoms with Crippen LogP contribution < -0.4 is 16.2 Å². The SMILES string of the molecule is CCCn1nc(C)c2c(C(=O)NNC(=S)Nc3cnn(Cc4ccc(C)cc4)c3)cc(-c3cnn(C)c3C)nc21. The number of thiocarbonyl (C=S) groups is 1. The lowest BCUT2D eigenvalue weighted by atomic mass is 10.1. The highest BCUT2D eigenvalue weighted by Crippen LogP contribution is 2.28. The number of carbonyl (C=O) groups is 1. The van der Waals surface area contributed by atoms with Crippen LogP contribution in [0.15, 0.2) is 48.9 Å². The number of aromatic nitrogens is 7. The minimum Gasteiger partial charge on any atom is -0.329 e. The molecule has 12 heteroatoms. The van der Waals surface area contributed by atoms with E-state index in [1.165, 1.54) is 5.56 Å². The molecule has 3 N–H and O–H groups in total. The fraction of sp³-hybridized carbons (Fsp3) is 0.286. The van der Waals surface area contributed by atoms with Crippen LogP contribution in [0.25, 0.3) is 22.3 Å². The molecule has 0 saturated heterocycles. The van der Waals surface area contributed by atoms with Gasteiger partial charge in [0.2, 0.25) is 0 Å². The maximum atomic E-state index is 13.5. The Morgan fingerprint density at radius 2 is 1.82 bits per heavy atom. The van der Waals surface area contributed by atoms with Crippen LogP contribution in [0, 0.1) is 20.8 Å². The van der Waals surface area contributed by atoms with Crippen molar-refractivity contribution in [1.29, 1.82) is 0 Å². The summed E-state index contributed by atoms with van der Waals surface area (Å²) in [4.78, 5) is 18.4. The van der Waals surface area contributed by atoms with Crippen molar-refractivity contribution >= 4 is 40.0 Å². The zero-order chi connectivity index (χ0) is 28.4. The Labute approximate surface area is 237 Å². The van der Waals surface area contributed by atoms with Gasteiger partial charge in [-0.2, -0.15) is 15.3 Å². The summed E-state index contributed by atoms with van der Waals surface area (Å²) in [6, 6.07) is 10.1. The van der Waals surface area contributed by atoms with Crippen molar-refractivity contribution in [3.8, 4) is 11.3 Å². The molecule has 0 aliphatic heterocycles. The first-order chi connectivity index (χ1) is 19.2. The predicted molar refractivity (Wildman–Crippen MR) is 159 cm³/mol. The van der Waals surface area contributed by atoms with Gasteiger partial charge in [0, 0.05) is 31.0 Å². The summed E-state index contributed by atoms with van der Waals surface area (Å²) in [6.45, 7) is 9.33. The third kappa shape index (κ3) is 5.57. The molecule has 0 spiro atoms. The van der Waals surface area contributed by atoms with Crippen molar-refractivity contribution in [3.05, 3.63) is 77.0 Å². The number of hydrogen-bond donors (Lipinski definition) is 3. The Balaban J connectivity index is 1.32. The molecule has 0 aliphatic rings. The van der Waals surface area contributed by atoms with E-state index in [0.29, 0.717) is 41.1 Å². The number of nitrogens with one attached hydrogen (secondary N) is 3. The number of anilines is 1. The van der Waals surface area contributed by atoms with Gasteiger partial charge in [-0.1, -0.05) is 36.8 Å². The number of aryl methyl sites for hydroxylation is 4. The molecule has 0 bridgehead atoms. The average Bonchev–Trinajstić information content (AvgIpc) is 3.61. The van der Waals surface area contributed by atoms with Gasteiger partial charge < -0.3 is 5.32 Å². The molecular formula is C28H32N10OS. The Hall–Kier alpha value is -4.58. The third-order valence-electron chi connectivity index (χ3n) is 6.71. The summed E-state index contributed by atoms with van der Waals surface area (Å²) >= 11 is 5.43. The smallest absolute Gasteiger partial charge is 0.270 e. The summed E-state index contributed by atoms with van der Waals surface area (Å²) in [5.74, 6) is -0.353. The fourth-order valence-corrected chi connectivity index (χ4v) is 4.70. The predicted octanol–water partition coefficient (Wildman–Crippen LogP) is 4.04. The lowest BCUT2D eigenvalue weighted by Crippen LogP contribution is -2.43. The number of fused-ring (bicyclic) bond motifs is 1. The van der Waals surface area contributed by atoms with Gasteiger partial charge in [-0.25, -0.2) is 9.67 Å². The summed E-state index contributed by atoms with van der Waals surface area (Å²) in [5, 5.41) is 17.4. The molecule has 0 unspecified atom stereocenters. The highest BCUT2D eigenvalue weighted by Gasteiger charge is 2.21. The van der Waals surface area contributed by atoms with Crippen LogP contribution >= 0.6 is 12.2 Å². The molecule has 40 heavy (non-hydrogen) atoms. The van der Waals surface area contributed by atoms with Crippen molar-refractivity contribution in [1.82, 2.24) is 45.2 Å². The summed E-state index contributed by atoms with van der Waals surface area (Å²) in [5.41, 5.74) is 12.9. The minimum absolute atomic E-state index is 0.232. The molecule has 4 heterocycles. The van der Waals surface area contributed by atoms with E-state index < -0.39 is 0 Å². The second-order valence-corrected chi connectivity index (χ2v) is 10.2. The number of nitrogens with zero attached hydrogens (tertiary/aromatic N) is 7. The van der Waals surface area contributed by atoms with Gasteiger partial charge in [0.25, 0.3) is 5.91 Å². The first-order valence-electron chi connectivity index (χ1n) is 13.1. The zero-order valence-electron chi connectivity index (χ0n) is 23.2. The maximum absolute atomic E-state index is 13.5. The molecule has 1 amide bonds. The molecule has 206 valence electrons. The van der Waals surface area contributed by atoms with Crippen molar-refractivity contribution in [2.45, 2.75) is 47.2 Å². The Bertz CT molecular complexity index is 1700. The topological polar surface area (TPSA) is 120 Å². The molecule has 0 saturated carbocycles. The number of rotatable bonds is 7. The quantitative estimate of drug-likeness (QED) is 0.203. The van der Waals surface area contributed by atoms with E-state index >= 15 is 0 Å². The first kappa shape index (κ1) is 27.0. The molecule has 4 aromatic heterocycles. The second-order valence-electron chi connectivity index (χ2n) is 9.77. The molecule has 0 radical (unpaired) electrons. The molecular weight excluding hydrogens is 524 g/mol. The number of hydrogen-bond acceptors (Lipinski definition) is 6. The highest BCUT2D eigenvalue weighted by molar-refractivity contribution is 7.80. The maximum Gasteiger partial charge on any atom is 0.270 e. The molecule has 1 aromatic carbocycles. The van der Waals surface area contributed by atoms with Gasteiger partial charge in [0.15, 0.2) is 10.8 Å². The van der Waals surface area contributed by atoms with Crippen LogP contribution in [0.5, 0.6) is 0 Å². The lowest BCUT2D eigenvalue weighted by molar-refractivity contribution is 0.0945. The van der Waals surface area contributed by atoms with E-state index in [1.54, 1.807) is 23.1 Å². The Morgan fingerprint density at radius 3 is 2.52 bits per heavy atom. The van der Waals surface area contributed by atoms with Crippen LogP contribution in [0.2, 0.25) is 0 Å². The van der Waals surface area contributed by atoms with Crippen LogP contribution in [-0.2, 0) is 20.1 Å². The summed E-state index contributed by atoms with van der Waals surface area (Å²) in [6.07, 6.45) is 6.19. The monoisotopic (exact) mass is 556 g/mol. The van der Waals surface area contributed by atoms with E-state index in [-0.39, 0.29) is 11.0 Å². The van der Waals surface area contributed by atoms with Gasteiger partial charge in [-0.05, 0) is 51.0 Å². The molecule has 11 nitrogen and oxygen atoms in total. The van der Waals surface area contributed by atoms with Crippen LogP contribution in [0.3, 0.4) is 0 Å². The van der Waals surface area contributed by atoms with E-state index in [0.717, 1.165) is 28.9 Å². The van der Waals surface area contributed by atoms with E-state index in [9.17, 15) is 4.79 Å². The zero-order valence-corrected chi connectivity index (χ0v) is 24.0. The van der Waals surface area contributed by atoms with Gasteiger partial charge in [0.1, 0.15) is 0 Å². The standard InChI is InChI=1S/C28H32N10OS/c1-6-11-38-26-25(18(3)35-38)22(12-24(32-26)23-14-29-36(5)19(23)4)27(39)33-34-28(40)31-21-13-30-37(16-21)15-20-9-7-17(2)8-10-20/h7-10,12-14,16H,6,11,15H2,1-5H3,(H,33,39)(H2,31,34,40). The van der Waals surface area contributed by atoms with Gasteiger partial charge in [-0.15, -0.1) is 0 Å².